The van der Waals surface area contributed by atoms with Crippen molar-refractivity contribution in [1.82, 2.24) is 9.80 Å². The van der Waals surface area contributed by atoms with Gasteiger partial charge >= 0.3 is 0 Å². The molecule has 0 bridgehead atoms. The molecule has 1 aliphatic heterocycles. The summed E-state index contributed by atoms with van der Waals surface area (Å²) in [5.74, 6) is -0.137. The number of rotatable bonds is 8. The van der Waals surface area contributed by atoms with Crippen LogP contribution in [0.25, 0.3) is 0 Å². The molecule has 3 rings (SSSR count). The zero-order chi connectivity index (χ0) is 19.9. The fourth-order valence-electron chi connectivity index (χ4n) is 3.79. The van der Waals surface area contributed by atoms with Crippen molar-refractivity contribution in [2.24, 2.45) is 0 Å². The van der Waals surface area contributed by atoms with Crippen molar-refractivity contribution in [3.8, 4) is 5.75 Å². The van der Waals surface area contributed by atoms with E-state index in [0.717, 1.165) is 24.4 Å². The number of hydrogen-bond acceptors (Lipinski definition) is 4. The molecule has 2 aromatic carbocycles. The third-order valence-electron chi connectivity index (χ3n) is 5.24. The number of piperazine rings is 1. The van der Waals surface area contributed by atoms with Crippen LogP contribution in [0.5, 0.6) is 5.75 Å². The predicted molar refractivity (Wildman–Crippen MR) is 105 cm³/mol. The fourth-order valence-corrected chi connectivity index (χ4v) is 3.79. The zero-order valence-corrected chi connectivity index (χ0v) is 16.3. The van der Waals surface area contributed by atoms with Crippen LogP contribution in [0.2, 0.25) is 0 Å². The van der Waals surface area contributed by atoms with Crippen molar-refractivity contribution in [3.63, 3.8) is 0 Å². The summed E-state index contributed by atoms with van der Waals surface area (Å²) in [4.78, 5) is 4.38. The van der Waals surface area contributed by atoms with Crippen LogP contribution in [0, 0.1) is 11.6 Å². The van der Waals surface area contributed by atoms with Gasteiger partial charge in [0.2, 0.25) is 0 Å². The highest BCUT2D eigenvalue weighted by Crippen LogP contribution is 2.24. The molecule has 0 aliphatic carbocycles. The quantitative estimate of drug-likeness (QED) is 0.749. The number of ether oxygens (including phenoxy) is 1. The smallest absolute Gasteiger partial charge is 0.130 e. The summed E-state index contributed by atoms with van der Waals surface area (Å²) in [6.07, 6.45) is 0.618. The van der Waals surface area contributed by atoms with E-state index in [9.17, 15) is 13.9 Å². The van der Waals surface area contributed by atoms with Crippen LogP contribution in [-0.2, 0) is 13.1 Å². The molecule has 0 aromatic heterocycles. The summed E-state index contributed by atoms with van der Waals surface area (Å²) in [6.45, 7) is 5.76. The first-order valence-corrected chi connectivity index (χ1v) is 9.83. The molecule has 152 valence electrons. The number of hydrogen-bond donors (Lipinski definition) is 1. The molecule has 1 aliphatic rings. The zero-order valence-electron chi connectivity index (χ0n) is 16.3. The van der Waals surface area contributed by atoms with Gasteiger partial charge in [0.25, 0.3) is 0 Å². The number of para-hydroxylation sites is 1. The summed E-state index contributed by atoms with van der Waals surface area (Å²) >= 11 is 0. The summed E-state index contributed by atoms with van der Waals surface area (Å²) in [6, 6.07) is 12.1. The third-order valence-corrected chi connectivity index (χ3v) is 5.24. The standard InChI is InChI=1S/C22H28F2N2O2/c1-2-28-22-9-4-3-6-17(22)14-26-12-11-25(15-18(26)10-13-27)16-19-20(23)7-5-8-21(19)24/h3-9,18,27H,2,10-16H2,1H3/t18-/m0/s1. The van der Waals surface area contributed by atoms with Crippen LogP contribution in [0.4, 0.5) is 8.78 Å². The first kappa shape index (κ1) is 20.7. The predicted octanol–water partition coefficient (Wildman–Crippen LogP) is 3.43. The molecule has 0 amide bonds. The first-order valence-electron chi connectivity index (χ1n) is 9.83. The van der Waals surface area contributed by atoms with E-state index in [1.165, 1.54) is 18.2 Å². The lowest BCUT2D eigenvalue weighted by Crippen LogP contribution is -2.52. The lowest BCUT2D eigenvalue weighted by Gasteiger charge is -2.41. The molecule has 1 saturated heterocycles. The van der Waals surface area contributed by atoms with Gasteiger partial charge in [0, 0.05) is 56.5 Å². The molecule has 1 atom stereocenters. The highest BCUT2D eigenvalue weighted by molar-refractivity contribution is 5.33. The Hall–Kier alpha value is -2.02. The van der Waals surface area contributed by atoms with Crippen LogP contribution in [0.3, 0.4) is 0 Å². The second kappa shape index (κ2) is 9.96. The molecule has 1 N–H and O–H groups in total. The van der Waals surface area contributed by atoms with Crippen molar-refractivity contribution in [3.05, 3.63) is 65.2 Å². The Morgan fingerprint density at radius 2 is 1.79 bits per heavy atom. The topological polar surface area (TPSA) is 35.9 Å². The summed E-state index contributed by atoms with van der Waals surface area (Å²) in [5, 5.41) is 9.52. The number of aliphatic hydroxyl groups is 1. The second-order valence-electron chi connectivity index (χ2n) is 7.11. The largest absolute Gasteiger partial charge is 0.494 e. The molecule has 0 unspecified atom stereocenters. The minimum atomic E-state index is -0.508. The van der Waals surface area contributed by atoms with Crippen molar-refractivity contribution >= 4 is 0 Å². The van der Waals surface area contributed by atoms with Crippen molar-refractivity contribution in [2.75, 3.05) is 32.8 Å². The molecule has 4 nitrogen and oxygen atoms in total. The van der Waals surface area contributed by atoms with Crippen molar-refractivity contribution < 1.29 is 18.6 Å². The van der Waals surface area contributed by atoms with Gasteiger partial charge < -0.3 is 9.84 Å². The van der Waals surface area contributed by atoms with E-state index in [1.54, 1.807) is 0 Å². The number of nitrogens with zero attached hydrogens (tertiary/aromatic N) is 2. The molecular formula is C22H28F2N2O2. The van der Waals surface area contributed by atoms with Gasteiger partial charge in [-0.25, -0.2) is 8.78 Å². The Morgan fingerprint density at radius 1 is 1.04 bits per heavy atom. The summed E-state index contributed by atoms with van der Waals surface area (Å²) < 4.78 is 33.7. The van der Waals surface area contributed by atoms with Gasteiger partial charge in [-0.2, -0.15) is 0 Å². The summed E-state index contributed by atoms with van der Waals surface area (Å²) in [5.41, 5.74) is 1.22. The van der Waals surface area contributed by atoms with Crippen molar-refractivity contribution in [2.45, 2.75) is 32.5 Å². The van der Waals surface area contributed by atoms with E-state index >= 15 is 0 Å². The number of benzene rings is 2. The van der Waals surface area contributed by atoms with Crippen LogP contribution in [0.1, 0.15) is 24.5 Å². The maximum Gasteiger partial charge on any atom is 0.130 e. The van der Waals surface area contributed by atoms with Crippen LogP contribution in [0.15, 0.2) is 42.5 Å². The molecule has 0 radical (unpaired) electrons. The molecule has 2 aromatic rings. The van der Waals surface area contributed by atoms with Gasteiger partial charge in [-0.05, 0) is 31.5 Å². The van der Waals surface area contributed by atoms with Gasteiger partial charge in [-0.1, -0.05) is 24.3 Å². The third kappa shape index (κ3) is 5.07. The first-order chi connectivity index (χ1) is 13.6. The highest BCUT2D eigenvalue weighted by atomic mass is 19.1. The van der Waals surface area contributed by atoms with Crippen molar-refractivity contribution in [1.29, 1.82) is 0 Å². The summed E-state index contributed by atoms with van der Waals surface area (Å²) in [7, 11) is 0. The van der Waals surface area contributed by atoms with E-state index in [1.807, 2.05) is 25.1 Å². The van der Waals surface area contributed by atoms with E-state index in [4.69, 9.17) is 4.74 Å². The Balaban J connectivity index is 1.69. The van der Waals surface area contributed by atoms with E-state index in [2.05, 4.69) is 15.9 Å². The average Bonchev–Trinajstić information content (AvgIpc) is 2.68. The van der Waals surface area contributed by atoms with Gasteiger partial charge in [0.1, 0.15) is 17.4 Å². The van der Waals surface area contributed by atoms with Crippen LogP contribution >= 0.6 is 0 Å². The maximum atomic E-state index is 14.0. The van der Waals surface area contributed by atoms with Gasteiger partial charge in [0.15, 0.2) is 0 Å². The highest BCUT2D eigenvalue weighted by Gasteiger charge is 2.28. The molecule has 1 fully saturated rings. The molecular weight excluding hydrogens is 362 g/mol. The Morgan fingerprint density at radius 3 is 2.50 bits per heavy atom. The van der Waals surface area contributed by atoms with E-state index < -0.39 is 11.6 Å². The number of aliphatic hydroxyl groups excluding tert-OH is 1. The minimum absolute atomic E-state index is 0.0795. The lowest BCUT2D eigenvalue weighted by atomic mass is 10.1. The number of halogens is 2. The van der Waals surface area contributed by atoms with E-state index in [0.29, 0.717) is 26.1 Å². The monoisotopic (exact) mass is 390 g/mol. The SMILES string of the molecule is CCOc1ccccc1CN1CCN(Cc2c(F)cccc2F)C[C@@H]1CCO. The second-order valence-corrected chi connectivity index (χ2v) is 7.11. The normalized spacial score (nSPS) is 18.4. The average molecular weight is 390 g/mol. The maximum absolute atomic E-state index is 14.0. The van der Waals surface area contributed by atoms with Crippen LogP contribution < -0.4 is 4.74 Å². The Labute approximate surface area is 165 Å². The fraction of sp³-hybridized carbons (Fsp3) is 0.455. The Kier molecular flexibility index (Phi) is 7.36. The molecule has 0 saturated carbocycles. The minimum Gasteiger partial charge on any atom is -0.494 e. The Bertz CT molecular complexity index is 752. The van der Waals surface area contributed by atoms with Crippen LogP contribution in [-0.4, -0.2) is 53.8 Å². The van der Waals surface area contributed by atoms with Gasteiger partial charge in [-0.15, -0.1) is 0 Å². The molecule has 1 heterocycles. The molecule has 28 heavy (non-hydrogen) atoms. The van der Waals surface area contributed by atoms with Gasteiger partial charge in [-0.3, -0.25) is 9.80 Å². The van der Waals surface area contributed by atoms with Gasteiger partial charge in [0.05, 0.1) is 6.61 Å². The molecule has 0 spiro atoms. The molecule has 6 heteroatoms. The van der Waals surface area contributed by atoms with E-state index in [-0.39, 0.29) is 24.8 Å². The lowest BCUT2D eigenvalue weighted by molar-refractivity contribution is 0.0483.